The van der Waals surface area contributed by atoms with Crippen molar-refractivity contribution in [3.63, 3.8) is 0 Å². The van der Waals surface area contributed by atoms with Crippen LogP contribution in [0.15, 0.2) is 54.7 Å². The summed E-state index contributed by atoms with van der Waals surface area (Å²) in [5, 5.41) is 10.5. The van der Waals surface area contributed by atoms with Crippen LogP contribution < -0.4 is 16.0 Å². The lowest BCUT2D eigenvalue weighted by Gasteiger charge is -2.32. The van der Waals surface area contributed by atoms with Gasteiger partial charge in [-0.05, 0) is 50.2 Å². The molecule has 0 bridgehead atoms. The number of amides is 1. The molecule has 3 heterocycles. The first-order chi connectivity index (χ1) is 18.8. The highest BCUT2D eigenvalue weighted by Gasteiger charge is 2.16. The number of carbonyl (C=O) groups excluding carboxylic acids is 1. The quantitative estimate of drug-likeness (QED) is 0.252. The molecule has 0 spiro atoms. The second kappa shape index (κ2) is 12.1. The van der Waals surface area contributed by atoms with Crippen molar-refractivity contribution >= 4 is 57.0 Å². The van der Waals surface area contributed by atoms with Crippen molar-refractivity contribution in [2.75, 3.05) is 49.2 Å². The van der Waals surface area contributed by atoms with Crippen LogP contribution in [0.4, 0.5) is 28.1 Å². The molecule has 3 N–H and O–H groups in total. The van der Waals surface area contributed by atoms with E-state index in [4.69, 9.17) is 11.6 Å². The lowest BCUT2D eigenvalue weighted by Crippen LogP contribution is -2.43. The van der Waals surface area contributed by atoms with Gasteiger partial charge in [-0.2, -0.15) is 0 Å². The summed E-state index contributed by atoms with van der Waals surface area (Å²) in [6, 6.07) is 15.8. The zero-order valence-electron chi connectivity index (χ0n) is 22.2. The zero-order valence-corrected chi connectivity index (χ0v) is 23.7. The third-order valence-corrected chi connectivity index (χ3v) is 7.72. The van der Waals surface area contributed by atoms with Crippen molar-refractivity contribution in [3.05, 3.63) is 81.6 Å². The van der Waals surface area contributed by atoms with Gasteiger partial charge in [0.2, 0.25) is 0 Å². The van der Waals surface area contributed by atoms with E-state index in [1.165, 1.54) is 23.1 Å². The largest absolute Gasteiger partial charge is 0.340 e. The molecule has 0 unspecified atom stereocenters. The van der Waals surface area contributed by atoms with Gasteiger partial charge in [-0.1, -0.05) is 47.2 Å². The zero-order chi connectivity index (χ0) is 27.4. The maximum absolute atomic E-state index is 12.8. The minimum absolute atomic E-state index is 0.269. The Hall–Kier alpha value is -3.57. The summed E-state index contributed by atoms with van der Waals surface area (Å²) < 4.78 is 0. The number of nitrogens with one attached hydrogen (secondary N) is 3. The number of rotatable bonds is 8. The maximum atomic E-state index is 12.8. The predicted octanol–water partition coefficient (Wildman–Crippen LogP) is 5.69. The Kier molecular flexibility index (Phi) is 8.37. The highest BCUT2D eigenvalue weighted by Crippen LogP contribution is 2.28. The number of piperazine rings is 1. The SMILES string of the molecule is Cc1nc(Nc2ccc(CN3CCN(C)CC3)cc2)cc(Nc2ncc(C(=O)Nc3c(C)cccc3Cl)s2)n1. The van der Waals surface area contributed by atoms with Gasteiger partial charge in [0.15, 0.2) is 5.13 Å². The Balaban J connectivity index is 1.21. The van der Waals surface area contributed by atoms with Gasteiger partial charge in [-0.15, -0.1) is 0 Å². The van der Waals surface area contributed by atoms with E-state index >= 15 is 0 Å². The third-order valence-electron chi connectivity index (χ3n) is 6.49. The number of aromatic nitrogens is 3. The minimum atomic E-state index is -0.269. The van der Waals surface area contributed by atoms with E-state index in [9.17, 15) is 4.79 Å². The van der Waals surface area contributed by atoms with E-state index in [1.54, 1.807) is 6.07 Å². The summed E-state index contributed by atoms with van der Waals surface area (Å²) in [6.45, 7) is 9.11. The highest BCUT2D eigenvalue weighted by molar-refractivity contribution is 7.17. The molecule has 202 valence electrons. The Bertz CT molecular complexity index is 1430. The number of aryl methyl sites for hydroxylation is 2. The molecular weight excluding hydrogens is 532 g/mol. The molecule has 39 heavy (non-hydrogen) atoms. The van der Waals surface area contributed by atoms with Crippen molar-refractivity contribution in [1.29, 1.82) is 0 Å². The van der Waals surface area contributed by atoms with Crippen LogP contribution in [0.3, 0.4) is 0 Å². The average molecular weight is 563 g/mol. The van der Waals surface area contributed by atoms with E-state index in [0.717, 1.165) is 44.0 Å². The lowest BCUT2D eigenvalue weighted by molar-refractivity contribution is 0.103. The molecule has 0 atom stereocenters. The maximum Gasteiger partial charge on any atom is 0.267 e. The number of nitrogens with zero attached hydrogens (tertiary/aromatic N) is 5. The first kappa shape index (κ1) is 27.0. The first-order valence-corrected chi connectivity index (χ1v) is 13.9. The van der Waals surface area contributed by atoms with Crippen LogP contribution in [-0.4, -0.2) is 63.9 Å². The monoisotopic (exact) mass is 562 g/mol. The number of halogens is 1. The standard InChI is InChI=1S/C28H31ClN8OS/c1-18-5-4-6-22(29)26(18)35-27(38)23-16-30-28(39-23)34-25-15-24(31-19(2)32-25)33-21-9-7-20(8-10-21)17-37-13-11-36(3)12-14-37/h4-10,15-16H,11-14,17H2,1-3H3,(H,35,38)(H2,30,31,32,33,34). The van der Waals surface area contributed by atoms with Crippen LogP contribution in [-0.2, 0) is 6.54 Å². The van der Waals surface area contributed by atoms with E-state index in [-0.39, 0.29) is 5.91 Å². The van der Waals surface area contributed by atoms with Crippen LogP contribution in [0.25, 0.3) is 0 Å². The van der Waals surface area contributed by atoms with Gasteiger partial charge in [0.25, 0.3) is 5.91 Å². The van der Waals surface area contributed by atoms with Crippen molar-refractivity contribution in [3.8, 4) is 0 Å². The Morgan fingerprint density at radius 2 is 1.72 bits per heavy atom. The molecule has 2 aromatic heterocycles. The molecule has 5 rings (SSSR count). The van der Waals surface area contributed by atoms with Crippen molar-refractivity contribution < 1.29 is 4.79 Å². The number of anilines is 5. The second-order valence-electron chi connectivity index (χ2n) is 9.63. The fourth-order valence-corrected chi connectivity index (χ4v) is 5.30. The molecule has 0 radical (unpaired) electrons. The molecule has 1 aliphatic heterocycles. The molecule has 1 amide bonds. The molecule has 11 heteroatoms. The van der Waals surface area contributed by atoms with E-state index < -0.39 is 0 Å². The van der Waals surface area contributed by atoms with Gasteiger partial charge >= 0.3 is 0 Å². The van der Waals surface area contributed by atoms with Gasteiger partial charge in [-0.25, -0.2) is 15.0 Å². The average Bonchev–Trinajstić information content (AvgIpc) is 3.37. The van der Waals surface area contributed by atoms with E-state index in [2.05, 4.69) is 72.0 Å². The summed E-state index contributed by atoms with van der Waals surface area (Å²) in [4.78, 5) is 31.4. The molecular formula is C28H31ClN8OS. The number of hydrogen-bond donors (Lipinski definition) is 3. The molecule has 9 nitrogen and oxygen atoms in total. The summed E-state index contributed by atoms with van der Waals surface area (Å²) in [7, 11) is 2.17. The Morgan fingerprint density at radius 1 is 1.00 bits per heavy atom. The van der Waals surface area contributed by atoms with Crippen LogP contribution in [0.5, 0.6) is 0 Å². The smallest absolute Gasteiger partial charge is 0.267 e. The van der Waals surface area contributed by atoms with Crippen molar-refractivity contribution in [1.82, 2.24) is 24.8 Å². The summed E-state index contributed by atoms with van der Waals surface area (Å²) >= 11 is 7.48. The van der Waals surface area contributed by atoms with Crippen molar-refractivity contribution in [2.24, 2.45) is 0 Å². The molecule has 2 aromatic carbocycles. The Labute approximate surface area is 237 Å². The third kappa shape index (κ3) is 7.10. The van der Waals surface area contributed by atoms with Gasteiger partial charge in [-0.3, -0.25) is 9.69 Å². The number of hydrogen-bond acceptors (Lipinski definition) is 9. The van der Waals surface area contributed by atoms with Crippen molar-refractivity contribution in [2.45, 2.75) is 20.4 Å². The van der Waals surface area contributed by atoms with Gasteiger partial charge in [0.1, 0.15) is 22.3 Å². The number of benzene rings is 2. The lowest BCUT2D eigenvalue weighted by atomic mass is 10.2. The molecule has 4 aromatic rings. The normalized spacial score (nSPS) is 14.3. The van der Waals surface area contributed by atoms with Gasteiger partial charge in [0, 0.05) is 44.5 Å². The highest BCUT2D eigenvalue weighted by atomic mass is 35.5. The molecule has 1 saturated heterocycles. The fourth-order valence-electron chi connectivity index (χ4n) is 4.31. The van der Waals surface area contributed by atoms with E-state index in [0.29, 0.717) is 38.2 Å². The van der Waals surface area contributed by atoms with Crippen LogP contribution in [0.2, 0.25) is 5.02 Å². The molecule has 1 aliphatic rings. The fraction of sp³-hybridized carbons (Fsp3) is 0.286. The van der Waals surface area contributed by atoms with Crippen LogP contribution in [0, 0.1) is 13.8 Å². The summed E-state index contributed by atoms with van der Waals surface area (Å²) in [5.74, 6) is 1.59. The van der Waals surface area contributed by atoms with Crippen LogP contribution >= 0.6 is 22.9 Å². The number of carbonyl (C=O) groups is 1. The second-order valence-corrected chi connectivity index (χ2v) is 11.1. The number of thiazole rings is 1. The van der Waals surface area contributed by atoms with Gasteiger partial charge in [0.05, 0.1) is 16.9 Å². The summed E-state index contributed by atoms with van der Waals surface area (Å²) in [6.07, 6.45) is 1.53. The summed E-state index contributed by atoms with van der Waals surface area (Å²) in [5.41, 5.74) is 3.73. The molecule has 0 saturated carbocycles. The predicted molar refractivity (Wildman–Crippen MR) is 159 cm³/mol. The first-order valence-electron chi connectivity index (χ1n) is 12.7. The number of likely N-dealkylation sites (N-methyl/N-ethyl adjacent to an activating group) is 1. The Morgan fingerprint density at radius 3 is 2.44 bits per heavy atom. The molecule has 0 aliphatic carbocycles. The minimum Gasteiger partial charge on any atom is -0.340 e. The molecule has 1 fully saturated rings. The number of para-hydroxylation sites is 1. The topological polar surface area (TPSA) is 98.3 Å². The van der Waals surface area contributed by atoms with Gasteiger partial charge < -0.3 is 20.9 Å². The van der Waals surface area contributed by atoms with E-state index in [1.807, 2.05) is 32.0 Å². The van der Waals surface area contributed by atoms with Crippen LogP contribution in [0.1, 0.15) is 26.6 Å².